The van der Waals surface area contributed by atoms with Crippen LogP contribution in [0.25, 0.3) is 0 Å². The molecule has 0 aromatic heterocycles. The fourth-order valence-corrected chi connectivity index (χ4v) is 3.40. The number of rotatable bonds is 5. The molecule has 1 N–H and O–H groups in total. The number of carbonyl (C=O) groups excluding carboxylic acids is 1. The summed E-state index contributed by atoms with van der Waals surface area (Å²) in [5.74, 6) is -5.48. The van der Waals surface area contributed by atoms with Gasteiger partial charge in [0, 0.05) is 13.1 Å². The van der Waals surface area contributed by atoms with Crippen LogP contribution in [-0.2, 0) is 25.8 Å². The highest BCUT2D eigenvalue weighted by Crippen LogP contribution is 2.24. The molecule has 0 unspecified atom stereocenters. The Labute approximate surface area is 138 Å². The van der Waals surface area contributed by atoms with Gasteiger partial charge in [0.05, 0.1) is 17.2 Å². The number of carboxylic acids is 1. The Balaban J connectivity index is 2.04. The Morgan fingerprint density at radius 3 is 2.29 bits per heavy atom. The van der Waals surface area contributed by atoms with E-state index in [0.29, 0.717) is 12.1 Å². The number of halogens is 2. The van der Waals surface area contributed by atoms with E-state index in [0.717, 1.165) is 12.1 Å². The fraction of sp³-hybridized carbons (Fsp3) is 0.467. The molecule has 0 aliphatic carbocycles. The van der Waals surface area contributed by atoms with Gasteiger partial charge >= 0.3 is 11.7 Å². The summed E-state index contributed by atoms with van der Waals surface area (Å²) in [5, 5.41) is 9.07. The Kier molecular flexibility index (Phi) is 5.22. The van der Waals surface area contributed by atoms with E-state index >= 15 is 0 Å². The molecule has 2 rings (SSSR count). The number of sulfone groups is 1. The molecule has 0 saturated carbocycles. The number of nitrogens with zero attached hydrogens (tertiary/aromatic N) is 1. The van der Waals surface area contributed by atoms with Gasteiger partial charge in [-0.25, -0.2) is 8.42 Å². The Morgan fingerprint density at radius 2 is 1.83 bits per heavy atom. The van der Waals surface area contributed by atoms with E-state index in [1.807, 2.05) is 0 Å². The standard InChI is InChI=1S/C15H17F2NO5S/c1-9-7-18(8-12(9)14(20)21)13(19)6-10-2-4-11(5-3-10)24(22,23)15(16)17/h2-5,9,12,15H,6-8H2,1H3,(H,20,21)/t9-,12-/m1/s1. The Morgan fingerprint density at radius 1 is 1.25 bits per heavy atom. The summed E-state index contributed by atoms with van der Waals surface area (Å²) in [5.41, 5.74) is 0.472. The fourth-order valence-electron chi connectivity index (χ4n) is 2.68. The normalized spacial score (nSPS) is 21.2. The zero-order chi connectivity index (χ0) is 18.1. The number of hydrogen-bond donors (Lipinski definition) is 1. The minimum atomic E-state index is -4.66. The van der Waals surface area contributed by atoms with Crippen molar-refractivity contribution in [3.8, 4) is 0 Å². The lowest BCUT2D eigenvalue weighted by Gasteiger charge is -2.16. The van der Waals surface area contributed by atoms with Crippen molar-refractivity contribution >= 4 is 21.7 Å². The van der Waals surface area contributed by atoms with Crippen LogP contribution in [0.1, 0.15) is 12.5 Å². The summed E-state index contributed by atoms with van der Waals surface area (Å²) in [6, 6.07) is 4.69. The summed E-state index contributed by atoms with van der Waals surface area (Å²) < 4.78 is 47.6. The second-order valence-corrected chi connectivity index (χ2v) is 7.76. The molecule has 1 saturated heterocycles. The molecule has 1 aromatic carbocycles. The first kappa shape index (κ1) is 18.3. The summed E-state index contributed by atoms with van der Waals surface area (Å²) in [4.78, 5) is 24.2. The number of alkyl halides is 2. The first-order valence-electron chi connectivity index (χ1n) is 7.24. The molecule has 1 aliphatic rings. The largest absolute Gasteiger partial charge is 0.481 e. The number of amides is 1. The van der Waals surface area contributed by atoms with E-state index in [9.17, 15) is 26.8 Å². The molecule has 0 spiro atoms. The van der Waals surface area contributed by atoms with Crippen molar-refractivity contribution in [3.05, 3.63) is 29.8 Å². The maximum atomic E-state index is 12.5. The Bertz CT molecular complexity index is 733. The van der Waals surface area contributed by atoms with Crippen LogP contribution in [0, 0.1) is 11.8 Å². The molecule has 1 heterocycles. The van der Waals surface area contributed by atoms with E-state index in [-0.39, 0.29) is 24.8 Å². The van der Waals surface area contributed by atoms with Crippen molar-refractivity contribution in [1.29, 1.82) is 0 Å². The highest BCUT2D eigenvalue weighted by molar-refractivity contribution is 7.91. The lowest BCUT2D eigenvalue weighted by molar-refractivity contribution is -0.142. The third-order valence-electron chi connectivity index (χ3n) is 4.12. The van der Waals surface area contributed by atoms with Crippen LogP contribution in [0.3, 0.4) is 0 Å². The maximum absolute atomic E-state index is 12.5. The Hall–Kier alpha value is -2.03. The molecule has 1 amide bonds. The maximum Gasteiger partial charge on any atom is 0.341 e. The smallest absolute Gasteiger partial charge is 0.341 e. The molecule has 1 fully saturated rings. The second-order valence-electron chi connectivity index (χ2n) is 5.85. The van der Waals surface area contributed by atoms with Gasteiger partial charge < -0.3 is 10.0 Å². The highest BCUT2D eigenvalue weighted by Gasteiger charge is 2.36. The zero-order valence-electron chi connectivity index (χ0n) is 12.9. The van der Waals surface area contributed by atoms with E-state index in [1.54, 1.807) is 6.92 Å². The van der Waals surface area contributed by atoms with Crippen LogP contribution in [0.5, 0.6) is 0 Å². The zero-order valence-corrected chi connectivity index (χ0v) is 13.7. The van der Waals surface area contributed by atoms with Crippen LogP contribution in [0.4, 0.5) is 8.78 Å². The van der Waals surface area contributed by atoms with Gasteiger partial charge in [0.2, 0.25) is 15.7 Å². The van der Waals surface area contributed by atoms with Gasteiger partial charge in [0.25, 0.3) is 0 Å². The average molecular weight is 361 g/mol. The number of carbonyl (C=O) groups is 2. The quantitative estimate of drug-likeness (QED) is 0.856. The van der Waals surface area contributed by atoms with E-state index < -0.39 is 32.4 Å². The molecule has 1 aliphatic heterocycles. The van der Waals surface area contributed by atoms with Crippen molar-refractivity contribution in [2.24, 2.45) is 11.8 Å². The molecule has 6 nitrogen and oxygen atoms in total. The first-order chi connectivity index (χ1) is 11.1. The van der Waals surface area contributed by atoms with E-state index in [1.165, 1.54) is 17.0 Å². The summed E-state index contributed by atoms with van der Waals surface area (Å²) in [6.07, 6.45) is -0.0476. The minimum absolute atomic E-state index is 0.0476. The van der Waals surface area contributed by atoms with Gasteiger partial charge in [-0.15, -0.1) is 0 Å². The topological polar surface area (TPSA) is 91.8 Å². The predicted molar refractivity (Wildman–Crippen MR) is 80.2 cm³/mol. The van der Waals surface area contributed by atoms with Gasteiger partial charge in [0.1, 0.15) is 0 Å². The van der Waals surface area contributed by atoms with Crippen molar-refractivity contribution in [3.63, 3.8) is 0 Å². The van der Waals surface area contributed by atoms with Gasteiger partial charge in [-0.3, -0.25) is 9.59 Å². The molecule has 132 valence electrons. The second kappa shape index (κ2) is 6.84. The number of carboxylic acid groups (broad SMARTS) is 1. The third-order valence-corrected chi connectivity index (χ3v) is 5.52. The van der Waals surface area contributed by atoms with Gasteiger partial charge in [-0.1, -0.05) is 19.1 Å². The van der Waals surface area contributed by atoms with Gasteiger partial charge in [-0.05, 0) is 23.6 Å². The van der Waals surface area contributed by atoms with Gasteiger partial charge in [-0.2, -0.15) is 8.78 Å². The molecular formula is C15H17F2NO5S. The summed E-state index contributed by atoms with van der Waals surface area (Å²) in [6.45, 7) is 2.23. The van der Waals surface area contributed by atoms with Crippen LogP contribution in [0.15, 0.2) is 29.2 Å². The van der Waals surface area contributed by atoms with Crippen LogP contribution < -0.4 is 0 Å². The molecular weight excluding hydrogens is 344 g/mol. The summed E-state index contributed by atoms with van der Waals surface area (Å²) >= 11 is 0. The molecule has 0 radical (unpaired) electrons. The number of benzene rings is 1. The van der Waals surface area contributed by atoms with Crippen molar-refractivity contribution < 1.29 is 31.9 Å². The van der Waals surface area contributed by atoms with Crippen molar-refractivity contribution in [2.75, 3.05) is 13.1 Å². The SMILES string of the molecule is C[C@@H]1CN(C(=O)Cc2ccc(S(=O)(=O)C(F)F)cc2)C[C@H]1C(=O)O. The number of likely N-dealkylation sites (tertiary alicyclic amines) is 1. The highest BCUT2D eigenvalue weighted by atomic mass is 32.2. The van der Waals surface area contributed by atoms with Crippen molar-refractivity contribution in [1.82, 2.24) is 4.90 Å². The molecule has 9 heteroatoms. The molecule has 0 bridgehead atoms. The lowest BCUT2D eigenvalue weighted by atomic mass is 9.99. The van der Waals surface area contributed by atoms with Gasteiger partial charge in [0.15, 0.2) is 0 Å². The third kappa shape index (κ3) is 3.72. The van der Waals surface area contributed by atoms with Crippen LogP contribution in [-0.4, -0.2) is 49.1 Å². The lowest BCUT2D eigenvalue weighted by Crippen LogP contribution is -2.31. The van der Waals surface area contributed by atoms with E-state index in [4.69, 9.17) is 5.11 Å². The minimum Gasteiger partial charge on any atom is -0.481 e. The monoisotopic (exact) mass is 361 g/mol. The van der Waals surface area contributed by atoms with Crippen LogP contribution in [0.2, 0.25) is 0 Å². The molecule has 2 atom stereocenters. The molecule has 1 aromatic rings. The van der Waals surface area contributed by atoms with Crippen LogP contribution >= 0.6 is 0 Å². The summed E-state index contributed by atoms with van der Waals surface area (Å²) in [7, 11) is -4.66. The predicted octanol–water partition coefficient (Wildman–Crippen LogP) is 1.40. The number of aliphatic carboxylic acids is 1. The first-order valence-corrected chi connectivity index (χ1v) is 8.79. The number of hydrogen-bond acceptors (Lipinski definition) is 4. The average Bonchev–Trinajstić information content (AvgIpc) is 2.90. The van der Waals surface area contributed by atoms with Crippen molar-refractivity contribution in [2.45, 2.75) is 24.0 Å². The molecule has 24 heavy (non-hydrogen) atoms. The van der Waals surface area contributed by atoms with E-state index in [2.05, 4.69) is 0 Å².